The number of fused-ring (bicyclic) bond motifs is 3. The minimum absolute atomic E-state index is 0.278. The topological polar surface area (TPSA) is 61.0 Å². The molecule has 0 saturated carbocycles. The molecule has 0 aliphatic carbocycles. The highest BCUT2D eigenvalue weighted by Crippen LogP contribution is 2.37. The quantitative estimate of drug-likeness (QED) is 0.843. The Balaban J connectivity index is 2.14. The molecule has 3 heterocycles. The molecule has 2 N–H and O–H groups in total. The largest absolute Gasteiger partial charge is 0.383 e. The third-order valence-electron chi connectivity index (χ3n) is 3.28. The van der Waals surface area contributed by atoms with Gasteiger partial charge in [0.15, 0.2) is 0 Å². The number of hydrogen-bond acceptors (Lipinski definition) is 5. The molecule has 0 bridgehead atoms. The fourth-order valence-corrected chi connectivity index (χ4v) is 3.36. The SMILES string of the molecule is CC(C)[C@H]1Cc2c(sc3ncnc(N)c23)CO1. The molecule has 2 aromatic heterocycles. The summed E-state index contributed by atoms with van der Waals surface area (Å²) in [5.41, 5.74) is 7.26. The number of ether oxygens (including phenoxy) is 1. The molecular formula is C12H15N3OS. The van der Waals surface area contributed by atoms with Crippen molar-refractivity contribution in [2.24, 2.45) is 5.92 Å². The summed E-state index contributed by atoms with van der Waals surface area (Å²) in [6.07, 6.45) is 2.73. The predicted molar refractivity (Wildman–Crippen MR) is 68.9 cm³/mol. The third kappa shape index (κ3) is 1.70. The molecule has 4 nitrogen and oxygen atoms in total. The van der Waals surface area contributed by atoms with Crippen LogP contribution in [0.4, 0.5) is 5.82 Å². The Bertz CT molecular complexity index is 564. The summed E-state index contributed by atoms with van der Waals surface area (Å²) in [6.45, 7) is 5.05. The van der Waals surface area contributed by atoms with Gasteiger partial charge < -0.3 is 10.5 Å². The predicted octanol–water partition coefficient (Wildman–Crippen LogP) is 2.37. The lowest BCUT2D eigenvalue weighted by Gasteiger charge is -2.26. The molecule has 0 fully saturated rings. The first kappa shape index (κ1) is 10.9. The molecule has 90 valence electrons. The Morgan fingerprint density at radius 2 is 2.29 bits per heavy atom. The molecule has 3 rings (SSSR count). The Morgan fingerprint density at radius 3 is 3.06 bits per heavy atom. The van der Waals surface area contributed by atoms with E-state index in [-0.39, 0.29) is 6.10 Å². The maximum absolute atomic E-state index is 5.96. The minimum atomic E-state index is 0.278. The minimum Gasteiger partial charge on any atom is -0.383 e. The van der Waals surface area contributed by atoms with E-state index in [4.69, 9.17) is 10.5 Å². The van der Waals surface area contributed by atoms with Crippen molar-refractivity contribution >= 4 is 27.4 Å². The van der Waals surface area contributed by atoms with Gasteiger partial charge in [-0.1, -0.05) is 13.8 Å². The van der Waals surface area contributed by atoms with E-state index in [1.54, 1.807) is 11.3 Å². The first-order chi connectivity index (χ1) is 8.16. The molecule has 17 heavy (non-hydrogen) atoms. The summed E-state index contributed by atoms with van der Waals surface area (Å²) in [6, 6.07) is 0. The van der Waals surface area contributed by atoms with E-state index in [0.29, 0.717) is 18.3 Å². The van der Waals surface area contributed by atoms with Crippen molar-refractivity contribution in [1.29, 1.82) is 0 Å². The number of nitrogens with two attached hydrogens (primary N) is 1. The van der Waals surface area contributed by atoms with Crippen LogP contribution in [0.25, 0.3) is 10.2 Å². The highest BCUT2D eigenvalue weighted by atomic mass is 32.1. The maximum atomic E-state index is 5.96. The maximum Gasteiger partial charge on any atom is 0.135 e. The zero-order valence-corrected chi connectivity index (χ0v) is 10.8. The Morgan fingerprint density at radius 1 is 1.47 bits per heavy atom. The van der Waals surface area contributed by atoms with E-state index in [9.17, 15) is 0 Å². The van der Waals surface area contributed by atoms with E-state index in [1.165, 1.54) is 16.8 Å². The van der Waals surface area contributed by atoms with Crippen molar-refractivity contribution in [3.63, 3.8) is 0 Å². The molecule has 1 aliphatic heterocycles. The van der Waals surface area contributed by atoms with E-state index in [0.717, 1.165) is 16.6 Å². The number of thiophene rings is 1. The van der Waals surface area contributed by atoms with Crippen LogP contribution in [0, 0.1) is 5.92 Å². The smallest absolute Gasteiger partial charge is 0.135 e. The zero-order valence-electron chi connectivity index (χ0n) is 9.93. The Labute approximate surface area is 104 Å². The van der Waals surface area contributed by atoms with Crippen LogP contribution < -0.4 is 5.73 Å². The fraction of sp³-hybridized carbons (Fsp3) is 0.500. The molecule has 0 saturated heterocycles. The monoisotopic (exact) mass is 249 g/mol. The first-order valence-electron chi connectivity index (χ1n) is 5.79. The van der Waals surface area contributed by atoms with Gasteiger partial charge in [0.05, 0.1) is 18.1 Å². The van der Waals surface area contributed by atoms with Gasteiger partial charge in [0, 0.05) is 11.3 Å². The molecule has 1 aliphatic rings. The molecule has 0 unspecified atom stereocenters. The highest BCUT2D eigenvalue weighted by Gasteiger charge is 2.26. The lowest BCUT2D eigenvalue weighted by Crippen LogP contribution is -2.26. The van der Waals surface area contributed by atoms with Gasteiger partial charge in [-0.05, 0) is 11.5 Å². The van der Waals surface area contributed by atoms with Gasteiger partial charge in [0.1, 0.15) is 17.0 Å². The second-order valence-electron chi connectivity index (χ2n) is 4.74. The number of anilines is 1. The number of nitrogen functional groups attached to an aromatic ring is 1. The Kier molecular flexibility index (Phi) is 2.52. The second kappa shape index (κ2) is 3.92. The molecule has 1 atom stereocenters. The number of hydrogen-bond donors (Lipinski definition) is 1. The van der Waals surface area contributed by atoms with Crippen molar-refractivity contribution in [2.45, 2.75) is 33.0 Å². The van der Waals surface area contributed by atoms with E-state index in [1.807, 2.05) is 0 Å². The summed E-state index contributed by atoms with van der Waals surface area (Å²) in [5, 5.41) is 1.04. The van der Waals surface area contributed by atoms with E-state index in [2.05, 4.69) is 23.8 Å². The summed E-state index contributed by atoms with van der Waals surface area (Å²) < 4.78 is 5.86. The molecule has 0 radical (unpaired) electrons. The molecule has 5 heteroatoms. The van der Waals surface area contributed by atoms with Crippen LogP contribution in [-0.2, 0) is 17.8 Å². The van der Waals surface area contributed by atoms with Crippen LogP contribution in [0.15, 0.2) is 6.33 Å². The van der Waals surface area contributed by atoms with E-state index >= 15 is 0 Å². The lowest BCUT2D eigenvalue weighted by molar-refractivity contribution is 0.00203. The van der Waals surface area contributed by atoms with E-state index < -0.39 is 0 Å². The summed E-state index contributed by atoms with van der Waals surface area (Å²) in [5.74, 6) is 1.11. The number of nitrogens with zero attached hydrogens (tertiary/aromatic N) is 2. The standard InChI is InChI=1S/C12H15N3OS/c1-6(2)8-3-7-9(4-16-8)17-12-10(7)11(13)14-5-15-12/h5-6,8H,3-4H2,1-2H3,(H2,13,14,15)/t8-/m1/s1. The van der Waals surface area contributed by atoms with Crippen molar-refractivity contribution < 1.29 is 4.74 Å². The third-order valence-corrected chi connectivity index (χ3v) is 4.39. The van der Waals surface area contributed by atoms with Gasteiger partial charge in [0.25, 0.3) is 0 Å². The number of aromatic nitrogens is 2. The fourth-order valence-electron chi connectivity index (χ4n) is 2.26. The summed E-state index contributed by atoms with van der Waals surface area (Å²) >= 11 is 1.67. The van der Waals surface area contributed by atoms with Crippen molar-refractivity contribution in [3.8, 4) is 0 Å². The van der Waals surface area contributed by atoms with Gasteiger partial charge in [-0.3, -0.25) is 0 Å². The molecular weight excluding hydrogens is 234 g/mol. The summed E-state index contributed by atoms with van der Waals surface area (Å²) in [7, 11) is 0. The number of rotatable bonds is 1. The van der Waals surface area contributed by atoms with Crippen LogP contribution in [-0.4, -0.2) is 16.1 Å². The van der Waals surface area contributed by atoms with Gasteiger partial charge in [-0.15, -0.1) is 11.3 Å². The average molecular weight is 249 g/mol. The zero-order chi connectivity index (χ0) is 12.0. The van der Waals surface area contributed by atoms with Crippen LogP contribution in [0.1, 0.15) is 24.3 Å². The normalized spacial score (nSPS) is 19.8. The van der Waals surface area contributed by atoms with Crippen LogP contribution >= 0.6 is 11.3 Å². The second-order valence-corrected chi connectivity index (χ2v) is 5.82. The lowest BCUT2D eigenvalue weighted by atomic mass is 9.96. The van der Waals surface area contributed by atoms with Crippen molar-refractivity contribution in [1.82, 2.24) is 9.97 Å². The average Bonchev–Trinajstić information content (AvgIpc) is 2.67. The van der Waals surface area contributed by atoms with Gasteiger partial charge >= 0.3 is 0 Å². The van der Waals surface area contributed by atoms with Gasteiger partial charge in [-0.25, -0.2) is 9.97 Å². The van der Waals surface area contributed by atoms with Crippen molar-refractivity contribution in [2.75, 3.05) is 5.73 Å². The highest BCUT2D eigenvalue weighted by molar-refractivity contribution is 7.18. The molecule has 2 aromatic rings. The Hall–Kier alpha value is -1.20. The summed E-state index contributed by atoms with van der Waals surface area (Å²) in [4.78, 5) is 10.6. The first-order valence-corrected chi connectivity index (χ1v) is 6.60. The van der Waals surface area contributed by atoms with Crippen LogP contribution in [0.5, 0.6) is 0 Å². The van der Waals surface area contributed by atoms with Gasteiger partial charge in [-0.2, -0.15) is 0 Å². The molecule has 0 aromatic carbocycles. The molecule has 0 spiro atoms. The van der Waals surface area contributed by atoms with Crippen LogP contribution in [0.3, 0.4) is 0 Å². The molecule has 0 amide bonds. The van der Waals surface area contributed by atoms with Gasteiger partial charge in [0.2, 0.25) is 0 Å². The van der Waals surface area contributed by atoms with Crippen molar-refractivity contribution in [3.05, 3.63) is 16.8 Å². The van der Waals surface area contributed by atoms with Crippen LogP contribution in [0.2, 0.25) is 0 Å².